The molecular weight excluding hydrogens is 150 g/mol. The van der Waals surface area contributed by atoms with Gasteiger partial charge < -0.3 is 10.1 Å². The van der Waals surface area contributed by atoms with Gasteiger partial charge in [0.05, 0.1) is 0 Å². The van der Waals surface area contributed by atoms with Crippen LogP contribution in [0.5, 0.6) is 0 Å². The van der Waals surface area contributed by atoms with Crippen molar-refractivity contribution in [3.63, 3.8) is 0 Å². The van der Waals surface area contributed by atoms with Gasteiger partial charge in [-0.05, 0) is 11.8 Å². The maximum atomic E-state index is 4.99. The Bertz CT molecular complexity index is 100. The van der Waals surface area contributed by atoms with Crippen molar-refractivity contribution in [2.24, 2.45) is 5.41 Å². The SMILES string of the molecule is CCC.COCCC1(C)CNC1. The van der Waals surface area contributed by atoms with E-state index in [-0.39, 0.29) is 0 Å². The van der Waals surface area contributed by atoms with E-state index >= 15 is 0 Å². The number of hydrogen-bond donors (Lipinski definition) is 1. The van der Waals surface area contributed by atoms with Crippen LogP contribution in [0, 0.1) is 5.41 Å². The van der Waals surface area contributed by atoms with Crippen molar-refractivity contribution in [1.82, 2.24) is 5.32 Å². The van der Waals surface area contributed by atoms with Gasteiger partial charge in [-0.1, -0.05) is 27.2 Å². The summed E-state index contributed by atoms with van der Waals surface area (Å²) >= 11 is 0. The molecule has 0 atom stereocenters. The lowest BCUT2D eigenvalue weighted by Crippen LogP contribution is -2.51. The van der Waals surface area contributed by atoms with Crippen LogP contribution in [0.15, 0.2) is 0 Å². The standard InChI is InChI=1S/C7H15NO.C3H8/c1-7(3-4-9-2)5-8-6-7;1-3-2/h8H,3-6H2,1-2H3;3H2,1-2H3. The van der Waals surface area contributed by atoms with Gasteiger partial charge >= 0.3 is 0 Å². The van der Waals surface area contributed by atoms with E-state index in [1.54, 1.807) is 7.11 Å². The summed E-state index contributed by atoms with van der Waals surface area (Å²) in [6.07, 6.45) is 2.44. The summed E-state index contributed by atoms with van der Waals surface area (Å²) in [4.78, 5) is 0. The highest BCUT2D eigenvalue weighted by molar-refractivity contribution is 4.87. The maximum Gasteiger partial charge on any atom is 0.0468 e. The molecule has 2 heteroatoms. The molecule has 0 aliphatic carbocycles. The summed E-state index contributed by atoms with van der Waals surface area (Å²) in [5.41, 5.74) is 0.538. The summed E-state index contributed by atoms with van der Waals surface area (Å²) in [6.45, 7) is 9.77. The molecule has 1 aliphatic rings. The monoisotopic (exact) mass is 173 g/mol. The largest absolute Gasteiger partial charge is 0.385 e. The van der Waals surface area contributed by atoms with E-state index in [9.17, 15) is 0 Å². The zero-order valence-electron chi connectivity index (χ0n) is 8.94. The Kier molecular flexibility index (Phi) is 6.39. The quantitative estimate of drug-likeness (QED) is 0.705. The van der Waals surface area contributed by atoms with Crippen LogP contribution in [0.25, 0.3) is 0 Å². The van der Waals surface area contributed by atoms with E-state index < -0.39 is 0 Å². The van der Waals surface area contributed by atoms with Crippen LogP contribution in [-0.4, -0.2) is 26.8 Å². The van der Waals surface area contributed by atoms with Crippen molar-refractivity contribution in [3.05, 3.63) is 0 Å². The fraction of sp³-hybridized carbons (Fsp3) is 1.00. The van der Waals surface area contributed by atoms with E-state index in [0.717, 1.165) is 19.7 Å². The first-order chi connectivity index (χ1) is 5.68. The van der Waals surface area contributed by atoms with Crippen molar-refractivity contribution in [1.29, 1.82) is 0 Å². The first kappa shape index (κ1) is 11.9. The molecule has 0 bridgehead atoms. The van der Waals surface area contributed by atoms with Gasteiger partial charge in [0.15, 0.2) is 0 Å². The highest BCUT2D eigenvalue weighted by Crippen LogP contribution is 2.25. The molecule has 1 rings (SSSR count). The number of ether oxygens (including phenoxy) is 1. The maximum absolute atomic E-state index is 4.99. The number of nitrogens with one attached hydrogen (secondary N) is 1. The van der Waals surface area contributed by atoms with E-state index in [4.69, 9.17) is 4.74 Å². The lowest BCUT2D eigenvalue weighted by Gasteiger charge is -2.39. The Balaban J connectivity index is 0.000000354. The number of methoxy groups -OCH3 is 1. The van der Waals surface area contributed by atoms with Gasteiger partial charge in [0.2, 0.25) is 0 Å². The Morgan fingerprint density at radius 3 is 2.08 bits per heavy atom. The van der Waals surface area contributed by atoms with E-state index in [1.165, 1.54) is 12.8 Å². The Morgan fingerprint density at radius 1 is 1.33 bits per heavy atom. The molecule has 0 amide bonds. The zero-order chi connectivity index (χ0) is 9.45. The molecule has 0 radical (unpaired) electrons. The summed E-state index contributed by atoms with van der Waals surface area (Å²) in [5, 5.41) is 3.26. The van der Waals surface area contributed by atoms with Crippen LogP contribution in [0.3, 0.4) is 0 Å². The normalized spacial score (nSPS) is 19.0. The van der Waals surface area contributed by atoms with Crippen LogP contribution in [0.1, 0.15) is 33.6 Å². The van der Waals surface area contributed by atoms with Gasteiger partial charge in [-0.3, -0.25) is 0 Å². The van der Waals surface area contributed by atoms with Gasteiger partial charge in [-0.15, -0.1) is 0 Å². The minimum atomic E-state index is 0.538. The highest BCUT2D eigenvalue weighted by Gasteiger charge is 2.30. The average molecular weight is 173 g/mol. The van der Waals surface area contributed by atoms with Crippen LogP contribution in [0.2, 0.25) is 0 Å². The molecular formula is C10H23NO. The predicted molar refractivity (Wildman–Crippen MR) is 53.4 cm³/mol. The fourth-order valence-corrected chi connectivity index (χ4v) is 1.08. The minimum absolute atomic E-state index is 0.538. The van der Waals surface area contributed by atoms with Crippen molar-refractivity contribution < 1.29 is 4.74 Å². The first-order valence-corrected chi connectivity index (χ1v) is 4.88. The first-order valence-electron chi connectivity index (χ1n) is 4.88. The fourth-order valence-electron chi connectivity index (χ4n) is 1.08. The Morgan fingerprint density at radius 2 is 1.83 bits per heavy atom. The molecule has 1 heterocycles. The molecule has 12 heavy (non-hydrogen) atoms. The van der Waals surface area contributed by atoms with Crippen LogP contribution < -0.4 is 5.32 Å². The molecule has 1 fully saturated rings. The summed E-state index contributed by atoms with van der Waals surface area (Å²) in [6, 6.07) is 0. The molecule has 74 valence electrons. The molecule has 0 aromatic heterocycles. The third-order valence-corrected chi connectivity index (χ3v) is 2.01. The summed E-state index contributed by atoms with van der Waals surface area (Å²) in [7, 11) is 1.76. The molecule has 1 aliphatic heterocycles. The van der Waals surface area contributed by atoms with Gasteiger partial charge in [0, 0.05) is 26.8 Å². The van der Waals surface area contributed by atoms with Crippen LogP contribution in [-0.2, 0) is 4.74 Å². The third kappa shape index (κ3) is 4.73. The van der Waals surface area contributed by atoms with Crippen LogP contribution >= 0.6 is 0 Å². The second-order valence-electron chi connectivity index (χ2n) is 3.86. The molecule has 0 aromatic rings. The third-order valence-electron chi connectivity index (χ3n) is 2.01. The van der Waals surface area contributed by atoms with Gasteiger partial charge in [-0.2, -0.15) is 0 Å². The molecule has 0 unspecified atom stereocenters. The van der Waals surface area contributed by atoms with Crippen molar-refractivity contribution in [3.8, 4) is 0 Å². The van der Waals surface area contributed by atoms with Crippen molar-refractivity contribution in [2.75, 3.05) is 26.8 Å². The van der Waals surface area contributed by atoms with E-state index in [1.807, 2.05) is 0 Å². The lowest BCUT2D eigenvalue weighted by atomic mass is 9.81. The smallest absolute Gasteiger partial charge is 0.0468 e. The van der Waals surface area contributed by atoms with E-state index in [2.05, 4.69) is 26.1 Å². The predicted octanol–water partition coefficient (Wildman–Crippen LogP) is 2.05. The molecule has 1 saturated heterocycles. The molecule has 2 nitrogen and oxygen atoms in total. The van der Waals surface area contributed by atoms with Crippen molar-refractivity contribution >= 4 is 0 Å². The number of rotatable bonds is 3. The van der Waals surface area contributed by atoms with Gasteiger partial charge in [-0.25, -0.2) is 0 Å². The van der Waals surface area contributed by atoms with E-state index in [0.29, 0.717) is 5.41 Å². The molecule has 0 saturated carbocycles. The highest BCUT2D eigenvalue weighted by atomic mass is 16.5. The second-order valence-corrected chi connectivity index (χ2v) is 3.86. The Labute approximate surface area is 76.7 Å². The van der Waals surface area contributed by atoms with Crippen LogP contribution in [0.4, 0.5) is 0 Å². The molecule has 0 aromatic carbocycles. The molecule has 0 spiro atoms. The van der Waals surface area contributed by atoms with Gasteiger partial charge in [0.25, 0.3) is 0 Å². The summed E-state index contributed by atoms with van der Waals surface area (Å²) in [5.74, 6) is 0. The summed E-state index contributed by atoms with van der Waals surface area (Å²) < 4.78 is 4.99. The Hall–Kier alpha value is -0.0800. The van der Waals surface area contributed by atoms with Gasteiger partial charge in [0.1, 0.15) is 0 Å². The van der Waals surface area contributed by atoms with Crippen molar-refractivity contribution in [2.45, 2.75) is 33.6 Å². The molecule has 1 N–H and O–H groups in total. The zero-order valence-corrected chi connectivity index (χ0v) is 8.94. The average Bonchev–Trinajstić information content (AvgIpc) is 1.99. The topological polar surface area (TPSA) is 21.3 Å². The number of hydrogen-bond acceptors (Lipinski definition) is 2. The second kappa shape index (κ2) is 6.44. The lowest BCUT2D eigenvalue weighted by molar-refractivity contribution is 0.106. The minimum Gasteiger partial charge on any atom is -0.385 e.